The van der Waals surface area contributed by atoms with E-state index in [2.05, 4.69) is 0 Å². The lowest BCUT2D eigenvalue weighted by molar-refractivity contribution is 0.104. The Bertz CT molecular complexity index is 890. The smallest absolute Gasteiger partial charge is 0.193 e. The average Bonchev–Trinajstić information content (AvgIpc) is 2.65. The van der Waals surface area contributed by atoms with E-state index in [0.717, 1.165) is 11.1 Å². The Kier molecular flexibility index (Phi) is 6.66. The second-order valence-electron chi connectivity index (χ2n) is 6.23. The summed E-state index contributed by atoms with van der Waals surface area (Å²) in [5.74, 6) is -0.0897. The third kappa shape index (κ3) is 4.70. The van der Waals surface area contributed by atoms with Gasteiger partial charge in [0, 0.05) is 17.2 Å². The molecule has 142 valence electrons. The first-order chi connectivity index (χ1) is 12.9. The molecule has 0 radical (unpaired) electrons. The van der Waals surface area contributed by atoms with Gasteiger partial charge in [-0.25, -0.2) is 0 Å². The van der Waals surface area contributed by atoms with Crippen molar-refractivity contribution in [3.63, 3.8) is 0 Å². The van der Waals surface area contributed by atoms with E-state index >= 15 is 0 Å². The summed E-state index contributed by atoms with van der Waals surface area (Å²) in [5.41, 5.74) is 2.06. The summed E-state index contributed by atoms with van der Waals surface area (Å²) >= 11 is 0. The van der Waals surface area contributed by atoms with E-state index in [4.69, 9.17) is 9.47 Å². The number of phenolic OH excluding ortho intramolecular Hbond substituents is 2. The van der Waals surface area contributed by atoms with Gasteiger partial charge in [0.15, 0.2) is 5.78 Å². The van der Waals surface area contributed by atoms with Gasteiger partial charge < -0.3 is 19.7 Å². The highest BCUT2D eigenvalue weighted by Gasteiger charge is 2.21. The number of hydrogen-bond acceptors (Lipinski definition) is 5. The third-order valence-electron chi connectivity index (χ3n) is 4.08. The standard InChI is InChI=1S/C22H24O5/c1-14(2)9-11-16-18(24)13-20(27-4)21(22(16)25)17(23)12-10-15-7-5-6-8-19(15)26-3/h5-10,12-13,24-25H,11H2,1-4H3/b12-10+. The van der Waals surface area contributed by atoms with Gasteiger partial charge in [-0.2, -0.15) is 0 Å². The maximum absolute atomic E-state index is 12.8. The Hall–Kier alpha value is -3.21. The summed E-state index contributed by atoms with van der Waals surface area (Å²) in [5, 5.41) is 20.8. The number of carbonyl (C=O) groups excluding carboxylic acids is 1. The minimum Gasteiger partial charge on any atom is -0.507 e. The molecule has 0 aliphatic heterocycles. The average molecular weight is 368 g/mol. The van der Waals surface area contributed by atoms with Crippen molar-refractivity contribution in [3.8, 4) is 23.0 Å². The van der Waals surface area contributed by atoms with Crippen LogP contribution in [0.25, 0.3) is 6.08 Å². The Morgan fingerprint density at radius 2 is 1.74 bits per heavy atom. The highest BCUT2D eigenvalue weighted by atomic mass is 16.5. The summed E-state index contributed by atoms with van der Waals surface area (Å²) in [4.78, 5) is 12.8. The molecule has 0 aliphatic rings. The Labute approximate surface area is 159 Å². The monoisotopic (exact) mass is 368 g/mol. The number of methoxy groups -OCH3 is 2. The molecule has 0 bridgehead atoms. The maximum atomic E-state index is 12.8. The van der Waals surface area contributed by atoms with Crippen LogP contribution in [0.5, 0.6) is 23.0 Å². The molecular weight excluding hydrogens is 344 g/mol. The fourth-order valence-corrected chi connectivity index (χ4v) is 2.63. The molecule has 0 fully saturated rings. The SMILES string of the molecule is COc1ccccc1/C=C/C(=O)c1c(OC)cc(O)c(CC=C(C)C)c1O. The summed E-state index contributed by atoms with van der Waals surface area (Å²) in [7, 11) is 2.93. The highest BCUT2D eigenvalue weighted by molar-refractivity contribution is 6.11. The number of carbonyl (C=O) groups is 1. The van der Waals surface area contributed by atoms with Gasteiger partial charge in [-0.15, -0.1) is 0 Å². The van der Waals surface area contributed by atoms with Gasteiger partial charge in [0.25, 0.3) is 0 Å². The normalized spacial score (nSPS) is 10.7. The summed E-state index contributed by atoms with van der Waals surface area (Å²) in [6.45, 7) is 3.83. The minimum absolute atomic E-state index is 0.0126. The number of benzene rings is 2. The van der Waals surface area contributed by atoms with Gasteiger partial charge in [-0.3, -0.25) is 4.79 Å². The van der Waals surface area contributed by atoms with E-state index in [1.54, 1.807) is 19.3 Å². The van der Waals surface area contributed by atoms with Crippen LogP contribution in [-0.2, 0) is 6.42 Å². The number of ketones is 1. The van der Waals surface area contributed by atoms with Crippen LogP contribution < -0.4 is 9.47 Å². The Balaban J connectivity index is 2.46. The zero-order valence-corrected chi connectivity index (χ0v) is 15.9. The van der Waals surface area contributed by atoms with Crippen LogP contribution in [0.2, 0.25) is 0 Å². The molecule has 0 aliphatic carbocycles. The van der Waals surface area contributed by atoms with Gasteiger partial charge in [0.1, 0.15) is 28.6 Å². The van der Waals surface area contributed by atoms with E-state index in [9.17, 15) is 15.0 Å². The topological polar surface area (TPSA) is 76.0 Å². The molecule has 0 amide bonds. The molecule has 2 rings (SSSR count). The van der Waals surface area contributed by atoms with E-state index in [1.807, 2.05) is 38.1 Å². The highest BCUT2D eigenvalue weighted by Crippen LogP contribution is 2.39. The zero-order valence-electron chi connectivity index (χ0n) is 15.9. The fraction of sp³-hybridized carbons (Fsp3) is 0.227. The lowest BCUT2D eigenvalue weighted by atomic mass is 9.99. The Morgan fingerprint density at radius 3 is 2.37 bits per heavy atom. The number of aromatic hydroxyl groups is 2. The van der Waals surface area contributed by atoms with Gasteiger partial charge in [-0.1, -0.05) is 29.8 Å². The molecule has 0 saturated heterocycles. The second-order valence-corrected chi connectivity index (χ2v) is 6.23. The molecule has 2 aromatic carbocycles. The van der Waals surface area contributed by atoms with Crippen molar-refractivity contribution in [1.82, 2.24) is 0 Å². The van der Waals surface area contributed by atoms with Crippen molar-refractivity contribution in [2.45, 2.75) is 20.3 Å². The lowest BCUT2D eigenvalue weighted by Crippen LogP contribution is -2.02. The van der Waals surface area contributed by atoms with Crippen LogP contribution in [0, 0.1) is 0 Å². The quantitative estimate of drug-likeness (QED) is 0.427. The molecule has 5 nitrogen and oxygen atoms in total. The van der Waals surface area contributed by atoms with Gasteiger partial charge in [0.2, 0.25) is 0 Å². The van der Waals surface area contributed by atoms with Crippen LogP contribution in [0.3, 0.4) is 0 Å². The van der Waals surface area contributed by atoms with Crippen molar-refractivity contribution in [2.24, 2.45) is 0 Å². The van der Waals surface area contributed by atoms with Gasteiger partial charge in [-0.05, 0) is 38.5 Å². The number of allylic oxidation sites excluding steroid dienone is 3. The largest absolute Gasteiger partial charge is 0.507 e. The minimum atomic E-state index is -0.436. The van der Waals surface area contributed by atoms with E-state index < -0.39 is 5.78 Å². The first-order valence-electron chi connectivity index (χ1n) is 8.49. The maximum Gasteiger partial charge on any atom is 0.193 e. The van der Waals surface area contributed by atoms with E-state index in [1.165, 1.54) is 19.3 Å². The van der Waals surface area contributed by atoms with Crippen LogP contribution >= 0.6 is 0 Å². The zero-order chi connectivity index (χ0) is 20.0. The number of para-hydroxylation sites is 1. The van der Waals surface area contributed by atoms with Crippen LogP contribution in [0.1, 0.15) is 35.3 Å². The molecule has 0 heterocycles. The molecule has 0 aromatic heterocycles. The van der Waals surface area contributed by atoms with Crippen molar-refractivity contribution in [2.75, 3.05) is 14.2 Å². The van der Waals surface area contributed by atoms with Crippen LogP contribution in [0.4, 0.5) is 0 Å². The molecule has 5 heteroatoms. The molecule has 0 saturated carbocycles. The molecule has 0 atom stereocenters. The number of rotatable bonds is 7. The summed E-state index contributed by atoms with van der Waals surface area (Å²) in [6, 6.07) is 8.63. The number of phenols is 2. The predicted molar refractivity (Wildman–Crippen MR) is 106 cm³/mol. The third-order valence-corrected chi connectivity index (χ3v) is 4.08. The van der Waals surface area contributed by atoms with Crippen molar-refractivity contribution in [1.29, 1.82) is 0 Å². The molecular formula is C22H24O5. The van der Waals surface area contributed by atoms with E-state index in [0.29, 0.717) is 12.2 Å². The first-order valence-corrected chi connectivity index (χ1v) is 8.49. The molecule has 0 unspecified atom stereocenters. The van der Waals surface area contributed by atoms with Crippen LogP contribution in [0.15, 0.2) is 48.1 Å². The molecule has 0 spiro atoms. The molecule has 27 heavy (non-hydrogen) atoms. The van der Waals surface area contributed by atoms with Gasteiger partial charge >= 0.3 is 0 Å². The van der Waals surface area contributed by atoms with Crippen molar-refractivity contribution < 1.29 is 24.5 Å². The first kappa shape index (κ1) is 20.1. The summed E-state index contributed by atoms with van der Waals surface area (Å²) < 4.78 is 10.5. The van der Waals surface area contributed by atoms with Crippen molar-refractivity contribution >= 4 is 11.9 Å². The van der Waals surface area contributed by atoms with E-state index in [-0.39, 0.29) is 28.4 Å². The molecule has 2 aromatic rings. The second kappa shape index (κ2) is 8.94. The van der Waals surface area contributed by atoms with Crippen molar-refractivity contribution in [3.05, 3.63) is 64.7 Å². The number of hydrogen-bond donors (Lipinski definition) is 2. The fourth-order valence-electron chi connectivity index (χ4n) is 2.63. The molecule has 2 N–H and O–H groups in total. The Morgan fingerprint density at radius 1 is 1.07 bits per heavy atom. The number of ether oxygens (including phenoxy) is 2. The lowest BCUT2D eigenvalue weighted by Gasteiger charge is -2.13. The predicted octanol–water partition coefficient (Wildman–Crippen LogP) is 4.52. The van der Waals surface area contributed by atoms with Crippen LogP contribution in [-0.4, -0.2) is 30.2 Å². The van der Waals surface area contributed by atoms with Gasteiger partial charge in [0.05, 0.1) is 14.2 Å². The summed E-state index contributed by atoms with van der Waals surface area (Å²) in [6.07, 6.45) is 5.13.